The van der Waals surface area contributed by atoms with Crippen molar-refractivity contribution in [2.24, 2.45) is 11.8 Å². The Morgan fingerprint density at radius 3 is 2.69 bits per heavy atom. The Labute approximate surface area is 81.0 Å². The molecule has 2 nitrogen and oxygen atoms in total. The van der Waals surface area contributed by atoms with Gasteiger partial charge in [0.15, 0.2) is 0 Å². The van der Waals surface area contributed by atoms with Gasteiger partial charge in [0.05, 0.1) is 6.10 Å². The second-order valence-corrected chi connectivity index (χ2v) is 4.81. The first kappa shape index (κ1) is 9.47. The third-order valence-electron chi connectivity index (χ3n) is 3.17. The van der Waals surface area contributed by atoms with E-state index in [-0.39, 0.29) is 0 Å². The van der Waals surface area contributed by atoms with Gasteiger partial charge in [-0.1, -0.05) is 13.8 Å². The molecule has 2 rings (SSSR count). The van der Waals surface area contributed by atoms with Crippen LogP contribution in [0, 0.1) is 11.8 Å². The summed E-state index contributed by atoms with van der Waals surface area (Å²) in [6.45, 7) is 6.67. The number of ether oxygens (including phenoxy) is 1. The molecule has 2 atom stereocenters. The van der Waals surface area contributed by atoms with Crippen molar-refractivity contribution >= 4 is 0 Å². The lowest BCUT2D eigenvalue weighted by molar-refractivity contribution is 0.0539. The summed E-state index contributed by atoms with van der Waals surface area (Å²) in [6.07, 6.45) is 4.54. The van der Waals surface area contributed by atoms with Crippen molar-refractivity contribution < 1.29 is 4.74 Å². The zero-order valence-electron chi connectivity index (χ0n) is 8.75. The first-order valence-corrected chi connectivity index (χ1v) is 5.62. The summed E-state index contributed by atoms with van der Waals surface area (Å²) in [5.41, 5.74) is 0. The second-order valence-electron chi connectivity index (χ2n) is 4.81. The van der Waals surface area contributed by atoms with Gasteiger partial charge in [-0.2, -0.15) is 0 Å². The average Bonchev–Trinajstić information content (AvgIpc) is 2.79. The number of rotatable bonds is 4. The van der Waals surface area contributed by atoms with Crippen LogP contribution in [0.4, 0.5) is 0 Å². The van der Waals surface area contributed by atoms with E-state index < -0.39 is 0 Å². The maximum atomic E-state index is 5.74. The molecule has 1 saturated heterocycles. The van der Waals surface area contributed by atoms with Gasteiger partial charge in [0, 0.05) is 19.2 Å². The number of nitrogens with one attached hydrogen (secondary N) is 1. The van der Waals surface area contributed by atoms with Crippen LogP contribution >= 0.6 is 0 Å². The van der Waals surface area contributed by atoms with E-state index in [1.54, 1.807) is 0 Å². The van der Waals surface area contributed by atoms with Crippen LogP contribution in [0.1, 0.15) is 33.1 Å². The van der Waals surface area contributed by atoms with E-state index in [2.05, 4.69) is 19.2 Å². The van der Waals surface area contributed by atoms with E-state index in [1.807, 2.05) is 0 Å². The van der Waals surface area contributed by atoms with E-state index in [0.29, 0.717) is 12.0 Å². The molecular formula is C11H21NO. The van der Waals surface area contributed by atoms with Gasteiger partial charge in [-0.25, -0.2) is 0 Å². The zero-order valence-corrected chi connectivity index (χ0v) is 8.75. The number of hydrogen-bond donors (Lipinski definition) is 1. The molecule has 0 spiro atoms. The molecule has 0 amide bonds. The largest absolute Gasteiger partial charge is 0.378 e. The van der Waals surface area contributed by atoms with Crippen molar-refractivity contribution in [2.45, 2.75) is 45.3 Å². The van der Waals surface area contributed by atoms with E-state index in [1.165, 1.54) is 25.8 Å². The standard InChI is InChI=1S/C11H21NO/c1-8(2)11-9(5-6-13-11)7-12-10-3-4-10/h8-12H,3-7H2,1-2H3. The van der Waals surface area contributed by atoms with Gasteiger partial charge >= 0.3 is 0 Å². The minimum Gasteiger partial charge on any atom is -0.378 e. The summed E-state index contributed by atoms with van der Waals surface area (Å²) in [6, 6.07) is 0.841. The van der Waals surface area contributed by atoms with Crippen molar-refractivity contribution in [1.29, 1.82) is 0 Å². The predicted octanol–water partition coefficient (Wildman–Crippen LogP) is 1.80. The van der Waals surface area contributed by atoms with Crippen LogP contribution in [0.15, 0.2) is 0 Å². The highest BCUT2D eigenvalue weighted by molar-refractivity contribution is 4.86. The zero-order chi connectivity index (χ0) is 9.26. The van der Waals surface area contributed by atoms with Gasteiger partial charge in [0.25, 0.3) is 0 Å². The van der Waals surface area contributed by atoms with Crippen LogP contribution in [0.3, 0.4) is 0 Å². The summed E-state index contributed by atoms with van der Waals surface area (Å²) < 4.78 is 5.74. The molecule has 1 heterocycles. The molecule has 0 aromatic heterocycles. The van der Waals surface area contributed by atoms with E-state index >= 15 is 0 Å². The Morgan fingerprint density at radius 1 is 1.31 bits per heavy atom. The summed E-state index contributed by atoms with van der Waals surface area (Å²) in [5.74, 6) is 1.44. The van der Waals surface area contributed by atoms with Crippen LogP contribution in [0.5, 0.6) is 0 Å². The van der Waals surface area contributed by atoms with Crippen molar-refractivity contribution in [3.63, 3.8) is 0 Å². The second kappa shape index (κ2) is 3.97. The molecule has 2 unspecified atom stereocenters. The first-order valence-electron chi connectivity index (χ1n) is 5.62. The van der Waals surface area contributed by atoms with Gasteiger partial charge in [-0.15, -0.1) is 0 Å². The lowest BCUT2D eigenvalue weighted by Gasteiger charge is -2.22. The maximum Gasteiger partial charge on any atom is 0.0639 e. The first-order chi connectivity index (χ1) is 6.27. The van der Waals surface area contributed by atoms with Gasteiger partial charge in [0.1, 0.15) is 0 Å². The van der Waals surface area contributed by atoms with Crippen LogP contribution < -0.4 is 5.32 Å². The van der Waals surface area contributed by atoms with Crippen molar-refractivity contribution in [3.8, 4) is 0 Å². The third kappa shape index (κ3) is 2.44. The lowest BCUT2D eigenvalue weighted by atomic mass is 9.93. The van der Waals surface area contributed by atoms with Gasteiger partial charge in [0.2, 0.25) is 0 Å². The lowest BCUT2D eigenvalue weighted by Crippen LogP contribution is -2.32. The topological polar surface area (TPSA) is 21.3 Å². The Bertz CT molecular complexity index is 165. The van der Waals surface area contributed by atoms with Crippen LogP contribution in [0.25, 0.3) is 0 Å². The molecule has 1 aliphatic carbocycles. The molecule has 0 bridgehead atoms. The van der Waals surface area contributed by atoms with Gasteiger partial charge in [-0.3, -0.25) is 0 Å². The summed E-state index contributed by atoms with van der Waals surface area (Å²) in [4.78, 5) is 0. The Kier molecular flexibility index (Phi) is 2.89. The van der Waals surface area contributed by atoms with Crippen molar-refractivity contribution in [2.75, 3.05) is 13.2 Å². The fraction of sp³-hybridized carbons (Fsp3) is 1.00. The number of hydrogen-bond acceptors (Lipinski definition) is 2. The minimum atomic E-state index is 0.506. The smallest absolute Gasteiger partial charge is 0.0639 e. The highest BCUT2D eigenvalue weighted by Crippen LogP contribution is 2.27. The Hall–Kier alpha value is -0.0800. The Balaban J connectivity index is 1.75. The fourth-order valence-corrected chi connectivity index (χ4v) is 2.22. The molecular weight excluding hydrogens is 162 g/mol. The highest BCUT2D eigenvalue weighted by Gasteiger charge is 2.31. The van der Waals surface area contributed by atoms with E-state index in [0.717, 1.165) is 18.6 Å². The molecule has 2 heteroatoms. The monoisotopic (exact) mass is 183 g/mol. The normalized spacial score (nSPS) is 34.4. The quantitative estimate of drug-likeness (QED) is 0.717. The summed E-state index contributed by atoms with van der Waals surface area (Å²) >= 11 is 0. The molecule has 0 aromatic carbocycles. The molecule has 1 saturated carbocycles. The minimum absolute atomic E-state index is 0.506. The fourth-order valence-electron chi connectivity index (χ4n) is 2.22. The molecule has 2 fully saturated rings. The average molecular weight is 183 g/mol. The molecule has 76 valence electrons. The van der Waals surface area contributed by atoms with E-state index in [4.69, 9.17) is 4.74 Å². The molecule has 1 aliphatic heterocycles. The SMILES string of the molecule is CC(C)C1OCCC1CNC1CC1. The van der Waals surface area contributed by atoms with Crippen LogP contribution in [-0.2, 0) is 4.74 Å². The third-order valence-corrected chi connectivity index (χ3v) is 3.17. The molecule has 0 radical (unpaired) electrons. The summed E-state index contributed by atoms with van der Waals surface area (Å²) in [5, 5.41) is 3.60. The van der Waals surface area contributed by atoms with Crippen LogP contribution in [-0.4, -0.2) is 25.3 Å². The van der Waals surface area contributed by atoms with Gasteiger partial charge < -0.3 is 10.1 Å². The predicted molar refractivity (Wildman–Crippen MR) is 53.7 cm³/mol. The van der Waals surface area contributed by atoms with Crippen molar-refractivity contribution in [1.82, 2.24) is 5.32 Å². The van der Waals surface area contributed by atoms with Crippen LogP contribution in [0.2, 0.25) is 0 Å². The molecule has 1 N–H and O–H groups in total. The van der Waals surface area contributed by atoms with Gasteiger partial charge in [-0.05, 0) is 31.1 Å². The van der Waals surface area contributed by atoms with E-state index in [9.17, 15) is 0 Å². The molecule has 0 aromatic rings. The highest BCUT2D eigenvalue weighted by atomic mass is 16.5. The Morgan fingerprint density at radius 2 is 2.08 bits per heavy atom. The summed E-state index contributed by atoms with van der Waals surface area (Å²) in [7, 11) is 0. The molecule has 2 aliphatic rings. The van der Waals surface area contributed by atoms with Crippen molar-refractivity contribution in [3.05, 3.63) is 0 Å². The molecule has 13 heavy (non-hydrogen) atoms. The maximum absolute atomic E-state index is 5.74.